The smallest absolute Gasteiger partial charge is 0.253 e. The van der Waals surface area contributed by atoms with Crippen molar-refractivity contribution in [3.05, 3.63) is 65.5 Å². The summed E-state index contributed by atoms with van der Waals surface area (Å²) in [7, 11) is 0. The molecule has 1 amide bonds. The number of piperidine rings is 1. The Morgan fingerprint density at radius 2 is 1.71 bits per heavy atom. The molecule has 6 N–H and O–H groups in total. The SMILES string of the molecule is NNc1ccc(C(=O)N2CCC(N3Cc4cnc(Nc5cc(O)cc(O)c5)nc4C3)CC2)cc1. The van der Waals surface area contributed by atoms with Crippen molar-refractivity contribution in [2.24, 2.45) is 5.84 Å². The van der Waals surface area contributed by atoms with E-state index in [1.165, 1.54) is 18.2 Å². The number of nitrogens with one attached hydrogen (secondary N) is 2. The number of nitrogens with two attached hydrogens (primary N) is 1. The second kappa shape index (κ2) is 9.16. The number of aromatic nitrogens is 2. The number of carbonyl (C=O) groups excluding carboxylic acids is 1. The molecule has 0 atom stereocenters. The van der Waals surface area contributed by atoms with Gasteiger partial charge >= 0.3 is 0 Å². The first kappa shape index (κ1) is 21.9. The first-order chi connectivity index (χ1) is 16.5. The number of benzene rings is 2. The van der Waals surface area contributed by atoms with Crippen LogP contribution in [0.15, 0.2) is 48.7 Å². The summed E-state index contributed by atoms with van der Waals surface area (Å²) >= 11 is 0. The molecule has 3 heterocycles. The Kier molecular flexibility index (Phi) is 5.91. The lowest BCUT2D eigenvalue weighted by molar-refractivity contribution is 0.0613. The van der Waals surface area contributed by atoms with Gasteiger partial charge in [-0.15, -0.1) is 0 Å². The number of phenolic OH excluding ortho intramolecular Hbond substituents is 2. The van der Waals surface area contributed by atoms with Crippen LogP contribution < -0.4 is 16.6 Å². The van der Waals surface area contributed by atoms with E-state index in [2.05, 4.69) is 25.6 Å². The lowest BCUT2D eigenvalue weighted by Gasteiger charge is -2.36. The zero-order valence-electron chi connectivity index (χ0n) is 18.6. The van der Waals surface area contributed by atoms with Crippen molar-refractivity contribution in [1.29, 1.82) is 0 Å². The maximum atomic E-state index is 12.8. The average Bonchev–Trinajstić information content (AvgIpc) is 3.26. The number of aromatic hydroxyl groups is 2. The Labute approximate surface area is 197 Å². The molecule has 3 aromatic rings. The Bertz CT molecular complexity index is 1170. The lowest BCUT2D eigenvalue weighted by atomic mass is 10.0. The van der Waals surface area contributed by atoms with Gasteiger partial charge in [0.1, 0.15) is 11.5 Å². The lowest BCUT2D eigenvalue weighted by Crippen LogP contribution is -2.45. The van der Waals surface area contributed by atoms with Crippen LogP contribution in [0.4, 0.5) is 17.3 Å². The van der Waals surface area contributed by atoms with Crippen molar-refractivity contribution in [3.63, 3.8) is 0 Å². The van der Waals surface area contributed by atoms with Crippen molar-refractivity contribution in [3.8, 4) is 11.5 Å². The predicted octanol–water partition coefficient (Wildman–Crippen LogP) is 2.54. The number of likely N-dealkylation sites (tertiary alicyclic amines) is 1. The third-order valence-corrected chi connectivity index (χ3v) is 6.41. The highest BCUT2D eigenvalue weighted by Gasteiger charge is 2.31. The minimum absolute atomic E-state index is 0.0377. The van der Waals surface area contributed by atoms with Crippen LogP contribution >= 0.6 is 0 Å². The highest BCUT2D eigenvalue weighted by Crippen LogP contribution is 2.30. The van der Waals surface area contributed by atoms with E-state index in [4.69, 9.17) is 5.84 Å². The molecule has 2 aliphatic heterocycles. The molecule has 0 saturated carbocycles. The number of carbonyl (C=O) groups is 1. The molecular weight excluding hydrogens is 434 g/mol. The molecule has 0 aliphatic carbocycles. The third kappa shape index (κ3) is 4.59. The molecule has 10 nitrogen and oxygen atoms in total. The minimum Gasteiger partial charge on any atom is -0.508 e. The van der Waals surface area contributed by atoms with E-state index in [1.54, 1.807) is 24.3 Å². The Morgan fingerprint density at radius 3 is 2.38 bits per heavy atom. The average molecular weight is 462 g/mol. The molecule has 0 spiro atoms. The van der Waals surface area contributed by atoms with E-state index in [0.29, 0.717) is 36.3 Å². The van der Waals surface area contributed by atoms with Crippen molar-refractivity contribution < 1.29 is 15.0 Å². The number of nitrogens with zero attached hydrogens (tertiary/aromatic N) is 4. The number of rotatable bonds is 5. The Hall–Kier alpha value is -3.89. The van der Waals surface area contributed by atoms with Crippen LogP contribution in [0.3, 0.4) is 0 Å². The molecule has 2 aliphatic rings. The summed E-state index contributed by atoms with van der Waals surface area (Å²) in [6.45, 7) is 2.94. The topological polar surface area (TPSA) is 140 Å². The Balaban J connectivity index is 1.18. The molecule has 1 saturated heterocycles. The highest BCUT2D eigenvalue weighted by atomic mass is 16.3. The van der Waals surface area contributed by atoms with Crippen LogP contribution in [-0.2, 0) is 13.1 Å². The maximum Gasteiger partial charge on any atom is 0.253 e. The van der Waals surface area contributed by atoms with E-state index < -0.39 is 0 Å². The van der Waals surface area contributed by atoms with Gasteiger partial charge in [0.25, 0.3) is 5.91 Å². The molecular formula is C24H27N7O3. The molecule has 34 heavy (non-hydrogen) atoms. The monoisotopic (exact) mass is 461 g/mol. The van der Waals surface area contributed by atoms with Gasteiger partial charge in [-0.3, -0.25) is 15.5 Å². The number of anilines is 3. The Morgan fingerprint density at radius 1 is 1.00 bits per heavy atom. The van der Waals surface area contributed by atoms with Crippen LogP contribution in [0.1, 0.15) is 34.5 Å². The third-order valence-electron chi connectivity index (χ3n) is 6.41. The van der Waals surface area contributed by atoms with Crippen LogP contribution in [0.2, 0.25) is 0 Å². The number of phenols is 2. The number of amides is 1. The largest absolute Gasteiger partial charge is 0.508 e. The summed E-state index contributed by atoms with van der Waals surface area (Å²) in [5, 5.41) is 22.4. The zero-order valence-corrected chi connectivity index (χ0v) is 18.6. The van der Waals surface area contributed by atoms with Crippen LogP contribution in [0, 0.1) is 0 Å². The van der Waals surface area contributed by atoms with Gasteiger partial charge in [-0.1, -0.05) is 0 Å². The molecule has 0 bridgehead atoms. The van der Waals surface area contributed by atoms with Crippen molar-refractivity contribution >= 4 is 23.2 Å². The molecule has 10 heteroatoms. The maximum absolute atomic E-state index is 12.8. The summed E-state index contributed by atoms with van der Waals surface area (Å²) < 4.78 is 0. The summed E-state index contributed by atoms with van der Waals surface area (Å²) in [6.07, 6.45) is 3.64. The zero-order chi connectivity index (χ0) is 23.7. The quantitative estimate of drug-likeness (QED) is 0.286. The van der Waals surface area contributed by atoms with Gasteiger partial charge in [-0.05, 0) is 37.1 Å². The van der Waals surface area contributed by atoms with E-state index >= 15 is 0 Å². The molecule has 176 valence electrons. The van der Waals surface area contributed by atoms with E-state index in [0.717, 1.165) is 42.9 Å². The summed E-state index contributed by atoms with van der Waals surface area (Å²) in [4.78, 5) is 26.2. The van der Waals surface area contributed by atoms with Crippen molar-refractivity contribution in [2.75, 3.05) is 23.8 Å². The fourth-order valence-corrected chi connectivity index (χ4v) is 4.62. The number of nitrogen functional groups attached to an aromatic ring is 1. The van der Waals surface area contributed by atoms with Gasteiger partial charge in [0.15, 0.2) is 0 Å². The summed E-state index contributed by atoms with van der Waals surface area (Å²) in [6, 6.07) is 11.8. The van der Waals surface area contributed by atoms with Gasteiger partial charge in [0.2, 0.25) is 5.95 Å². The first-order valence-electron chi connectivity index (χ1n) is 11.2. The summed E-state index contributed by atoms with van der Waals surface area (Å²) in [5.74, 6) is 5.79. The molecule has 1 aromatic heterocycles. The van der Waals surface area contributed by atoms with Gasteiger partial charge in [-0.2, -0.15) is 0 Å². The molecule has 5 rings (SSSR count). The minimum atomic E-state index is -0.0377. The second-order valence-electron chi connectivity index (χ2n) is 8.68. The fraction of sp³-hybridized carbons (Fsp3) is 0.292. The van der Waals surface area contributed by atoms with E-state index in [-0.39, 0.29) is 17.4 Å². The molecule has 2 aromatic carbocycles. The van der Waals surface area contributed by atoms with Gasteiger partial charge < -0.3 is 25.9 Å². The number of hydrogen-bond acceptors (Lipinski definition) is 9. The normalized spacial score (nSPS) is 16.3. The molecule has 0 unspecified atom stereocenters. The first-order valence-corrected chi connectivity index (χ1v) is 11.2. The summed E-state index contributed by atoms with van der Waals surface area (Å²) in [5.41, 5.74) is 6.58. The second-order valence-corrected chi connectivity index (χ2v) is 8.68. The van der Waals surface area contributed by atoms with E-state index in [9.17, 15) is 15.0 Å². The number of fused-ring (bicyclic) bond motifs is 1. The number of hydrogen-bond donors (Lipinski definition) is 5. The molecule has 1 fully saturated rings. The van der Waals surface area contributed by atoms with Crippen LogP contribution in [-0.4, -0.2) is 55.0 Å². The number of hydrazine groups is 1. The van der Waals surface area contributed by atoms with Gasteiger partial charge in [0.05, 0.1) is 5.69 Å². The van der Waals surface area contributed by atoms with Gasteiger partial charge in [-0.25, -0.2) is 9.97 Å². The predicted molar refractivity (Wildman–Crippen MR) is 128 cm³/mol. The fourth-order valence-electron chi connectivity index (χ4n) is 4.62. The van der Waals surface area contributed by atoms with Gasteiger partial charge in [0, 0.05) is 79.1 Å². The highest BCUT2D eigenvalue weighted by molar-refractivity contribution is 5.94. The van der Waals surface area contributed by atoms with Crippen LogP contribution in [0.25, 0.3) is 0 Å². The standard InChI is InChI=1S/C24H27N7O3/c25-29-17-3-1-15(2-4-17)23(34)30-7-5-19(6-8-30)31-13-16-12-26-24(28-22(16)14-31)27-18-9-20(32)11-21(33)10-18/h1-4,9-12,19,29,32-33H,5-8,13-14,25H2,(H,26,27,28). The van der Waals surface area contributed by atoms with Crippen LogP contribution in [0.5, 0.6) is 11.5 Å². The van der Waals surface area contributed by atoms with E-state index in [1.807, 2.05) is 11.1 Å². The van der Waals surface area contributed by atoms with Crippen molar-refractivity contribution in [2.45, 2.75) is 32.0 Å². The molecule has 0 radical (unpaired) electrons. The van der Waals surface area contributed by atoms with Crippen molar-refractivity contribution in [1.82, 2.24) is 19.8 Å².